The number of hydrogen-bond donors (Lipinski definition) is 0. The summed E-state index contributed by atoms with van der Waals surface area (Å²) in [5, 5.41) is 0. The first kappa shape index (κ1) is 17.1. The van der Waals surface area contributed by atoms with Gasteiger partial charge in [0.05, 0.1) is 5.69 Å². The molecule has 0 aromatic heterocycles. The highest BCUT2D eigenvalue weighted by Gasteiger charge is 2.56. The molecule has 0 saturated heterocycles. The van der Waals surface area contributed by atoms with E-state index in [1.54, 1.807) is 11.0 Å². The van der Waals surface area contributed by atoms with Crippen LogP contribution in [-0.2, 0) is 10.3 Å². The van der Waals surface area contributed by atoms with E-state index in [-0.39, 0.29) is 11.7 Å². The molecule has 0 unspecified atom stereocenters. The molecule has 1 amide bonds. The van der Waals surface area contributed by atoms with Crippen LogP contribution in [0.1, 0.15) is 27.9 Å². The second-order valence-electron chi connectivity index (χ2n) is 7.10. The molecule has 136 valence electrons. The SMILES string of the molecule is O=C1C=C(c2cccc(Br)c2)C[C@]2(c3ccccc3)C(=O)c3ccccc3N12. The minimum atomic E-state index is -1.05. The lowest BCUT2D eigenvalue weighted by Gasteiger charge is -2.41. The molecule has 0 N–H and O–H groups in total. The van der Waals surface area contributed by atoms with Gasteiger partial charge in [0.2, 0.25) is 0 Å². The molecular formula is C24H16BrNO2. The number of benzene rings is 3. The quantitative estimate of drug-likeness (QED) is 0.549. The highest BCUT2D eigenvalue weighted by atomic mass is 79.9. The van der Waals surface area contributed by atoms with E-state index in [0.29, 0.717) is 17.7 Å². The Bertz CT molecular complexity index is 1150. The minimum Gasteiger partial charge on any atom is -0.291 e. The summed E-state index contributed by atoms with van der Waals surface area (Å²) < 4.78 is 0.940. The fraction of sp³-hybridized carbons (Fsp3) is 0.0833. The molecule has 2 aliphatic heterocycles. The molecule has 28 heavy (non-hydrogen) atoms. The largest absolute Gasteiger partial charge is 0.291 e. The number of carbonyl (C=O) groups is 2. The third-order valence-electron chi connectivity index (χ3n) is 5.56. The normalized spacial score (nSPS) is 20.6. The van der Waals surface area contributed by atoms with E-state index in [1.165, 1.54) is 0 Å². The lowest BCUT2D eigenvalue weighted by Crippen LogP contribution is -2.52. The van der Waals surface area contributed by atoms with Gasteiger partial charge in [-0.05, 0) is 41.0 Å². The summed E-state index contributed by atoms with van der Waals surface area (Å²) in [4.78, 5) is 28.7. The highest BCUT2D eigenvalue weighted by molar-refractivity contribution is 9.10. The zero-order chi connectivity index (χ0) is 19.3. The fourth-order valence-electron chi connectivity index (χ4n) is 4.35. The smallest absolute Gasteiger partial charge is 0.252 e. The number of rotatable bonds is 2. The molecule has 0 radical (unpaired) electrons. The molecule has 1 atom stereocenters. The first-order valence-corrected chi connectivity index (χ1v) is 9.90. The van der Waals surface area contributed by atoms with Gasteiger partial charge in [-0.15, -0.1) is 0 Å². The average molecular weight is 430 g/mol. The van der Waals surface area contributed by atoms with Crippen molar-refractivity contribution in [3.8, 4) is 0 Å². The maximum Gasteiger partial charge on any atom is 0.252 e. The third kappa shape index (κ3) is 2.34. The number of ketones is 1. The molecule has 2 aliphatic rings. The van der Waals surface area contributed by atoms with E-state index in [2.05, 4.69) is 15.9 Å². The van der Waals surface area contributed by atoms with Crippen molar-refractivity contribution in [3.63, 3.8) is 0 Å². The van der Waals surface area contributed by atoms with E-state index in [1.807, 2.05) is 78.9 Å². The van der Waals surface area contributed by atoms with Gasteiger partial charge in [-0.25, -0.2) is 0 Å². The van der Waals surface area contributed by atoms with Gasteiger partial charge in [-0.1, -0.05) is 70.5 Å². The Morgan fingerprint density at radius 3 is 2.39 bits per heavy atom. The number of carbonyl (C=O) groups excluding carboxylic acids is 2. The van der Waals surface area contributed by atoms with Crippen LogP contribution in [0, 0.1) is 0 Å². The molecule has 0 fully saturated rings. The monoisotopic (exact) mass is 429 g/mol. The summed E-state index contributed by atoms with van der Waals surface area (Å²) in [7, 11) is 0. The number of fused-ring (bicyclic) bond motifs is 3. The summed E-state index contributed by atoms with van der Waals surface area (Å²) in [6.07, 6.45) is 2.10. The molecular weight excluding hydrogens is 414 g/mol. The average Bonchev–Trinajstić information content (AvgIpc) is 2.99. The van der Waals surface area contributed by atoms with Crippen LogP contribution < -0.4 is 4.90 Å². The Balaban J connectivity index is 1.76. The Kier molecular flexibility index (Phi) is 3.84. The molecule has 5 rings (SSSR count). The highest BCUT2D eigenvalue weighted by Crippen LogP contribution is 2.51. The predicted octanol–water partition coefficient (Wildman–Crippen LogP) is 5.36. The van der Waals surface area contributed by atoms with Crippen molar-refractivity contribution in [2.75, 3.05) is 4.90 Å². The lowest BCUT2D eigenvalue weighted by molar-refractivity contribution is -0.115. The summed E-state index contributed by atoms with van der Waals surface area (Å²) in [5.74, 6) is -0.188. The van der Waals surface area contributed by atoms with Gasteiger partial charge in [-0.2, -0.15) is 0 Å². The van der Waals surface area contributed by atoms with E-state index in [9.17, 15) is 9.59 Å². The van der Waals surface area contributed by atoms with Crippen LogP contribution >= 0.6 is 15.9 Å². The molecule has 3 nitrogen and oxygen atoms in total. The molecule has 3 aromatic rings. The maximum atomic E-state index is 13.7. The van der Waals surface area contributed by atoms with Gasteiger partial charge in [-0.3, -0.25) is 14.5 Å². The van der Waals surface area contributed by atoms with Crippen LogP contribution in [0.15, 0.2) is 89.4 Å². The molecule has 3 aromatic carbocycles. The zero-order valence-electron chi connectivity index (χ0n) is 14.9. The van der Waals surface area contributed by atoms with Crippen LogP contribution in [0.5, 0.6) is 0 Å². The summed E-state index contributed by atoms with van der Waals surface area (Å²) in [6.45, 7) is 0. The predicted molar refractivity (Wildman–Crippen MR) is 113 cm³/mol. The Labute approximate surface area is 171 Å². The Morgan fingerprint density at radius 1 is 0.857 bits per heavy atom. The van der Waals surface area contributed by atoms with Crippen molar-refractivity contribution in [2.24, 2.45) is 0 Å². The Morgan fingerprint density at radius 2 is 1.61 bits per heavy atom. The van der Waals surface area contributed by atoms with Crippen LogP contribution in [0.4, 0.5) is 5.69 Å². The molecule has 0 aliphatic carbocycles. The zero-order valence-corrected chi connectivity index (χ0v) is 16.5. The van der Waals surface area contributed by atoms with Crippen LogP contribution in [-0.4, -0.2) is 11.7 Å². The van der Waals surface area contributed by atoms with Gasteiger partial charge in [0.25, 0.3) is 5.91 Å². The second-order valence-corrected chi connectivity index (χ2v) is 8.02. The number of halogens is 1. The summed E-state index contributed by atoms with van der Waals surface area (Å²) >= 11 is 3.50. The summed E-state index contributed by atoms with van der Waals surface area (Å²) in [5.41, 5.74) is 2.89. The number of nitrogens with zero attached hydrogens (tertiary/aromatic N) is 1. The number of Topliss-reactive ketones (excluding diaryl/α,β-unsaturated/α-hetero) is 1. The van der Waals surface area contributed by atoms with Gasteiger partial charge in [0.1, 0.15) is 5.54 Å². The van der Waals surface area contributed by atoms with Crippen molar-refractivity contribution in [2.45, 2.75) is 12.0 Å². The Hall–Kier alpha value is -2.98. The number of hydrogen-bond acceptors (Lipinski definition) is 2. The molecule has 2 heterocycles. The van der Waals surface area contributed by atoms with Gasteiger partial charge < -0.3 is 0 Å². The van der Waals surface area contributed by atoms with Gasteiger partial charge >= 0.3 is 0 Å². The third-order valence-corrected chi connectivity index (χ3v) is 6.05. The fourth-order valence-corrected chi connectivity index (χ4v) is 4.75. The van der Waals surface area contributed by atoms with Crippen LogP contribution in [0.3, 0.4) is 0 Å². The van der Waals surface area contributed by atoms with Crippen LogP contribution in [0.2, 0.25) is 0 Å². The van der Waals surface area contributed by atoms with Crippen LogP contribution in [0.25, 0.3) is 5.57 Å². The minimum absolute atomic E-state index is 0.0248. The van der Waals surface area contributed by atoms with Crippen molar-refractivity contribution < 1.29 is 9.59 Å². The maximum absolute atomic E-state index is 13.7. The van der Waals surface area contributed by atoms with E-state index < -0.39 is 5.54 Å². The second kappa shape index (κ2) is 6.28. The van der Waals surface area contributed by atoms with E-state index in [0.717, 1.165) is 21.2 Å². The standard InChI is InChI=1S/C24H16BrNO2/c25-19-10-6-7-16(13-19)17-14-22(27)26-21-12-5-4-11-20(21)23(28)24(26,15-17)18-8-2-1-3-9-18/h1-14H,15H2/t24-/m0/s1. The first-order chi connectivity index (χ1) is 13.6. The molecule has 4 heteroatoms. The van der Waals surface area contributed by atoms with Crippen molar-refractivity contribution in [1.82, 2.24) is 0 Å². The molecule has 0 spiro atoms. The number of amides is 1. The number of anilines is 1. The van der Waals surface area contributed by atoms with Crippen molar-refractivity contribution in [3.05, 3.63) is 106 Å². The topological polar surface area (TPSA) is 37.4 Å². The summed E-state index contributed by atoms with van der Waals surface area (Å²) in [6, 6.07) is 24.9. The molecule has 0 saturated carbocycles. The lowest BCUT2D eigenvalue weighted by atomic mass is 9.76. The first-order valence-electron chi connectivity index (χ1n) is 9.11. The van der Waals surface area contributed by atoms with E-state index in [4.69, 9.17) is 0 Å². The van der Waals surface area contributed by atoms with E-state index >= 15 is 0 Å². The molecule has 0 bridgehead atoms. The number of para-hydroxylation sites is 1. The van der Waals surface area contributed by atoms with Crippen molar-refractivity contribution >= 4 is 38.9 Å². The van der Waals surface area contributed by atoms with Gasteiger partial charge in [0.15, 0.2) is 5.78 Å². The van der Waals surface area contributed by atoms with Crippen molar-refractivity contribution in [1.29, 1.82) is 0 Å². The van der Waals surface area contributed by atoms with Gasteiger partial charge in [0, 0.05) is 22.5 Å².